The Balaban J connectivity index is 2.00. The molecule has 0 amide bonds. The van der Waals surface area contributed by atoms with Crippen molar-refractivity contribution >= 4 is 28.6 Å². The lowest BCUT2D eigenvalue weighted by atomic mass is 10.2. The van der Waals surface area contributed by atoms with Crippen molar-refractivity contribution < 1.29 is 14.6 Å². The van der Waals surface area contributed by atoms with E-state index in [9.17, 15) is 9.90 Å². The van der Waals surface area contributed by atoms with E-state index in [0.717, 1.165) is 29.9 Å². The fourth-order valence-electron chi connectivity index (χ4n) is 2.80. The molecular weight excluding hydrogens is 308 g/mol. The lowest BCUT2D eigenvalue weighted by Gasteiger charge is -2.31. The molecule has 1 aromatic heterocycles. The number of benzene rings is 1. The van der Waals surface area contributed by atoms with Gasteiger partial charge in [0.25, 0.3) is 0 Å². The number of nitrogens with zero attached hydrogens (tertiary/aromatic N) is 4. The van der Waals surface area contributed by atoms with E-state index in [2.05, 4.69) is 4.90 Å². The molecule has 2 heterocycles. The van der Waals surface area contributed by atoms with Crippen molar-refractivity contribution in [2.75, 3.05) is 49.7 Å². The van der Waals surface area contributed by atoms with Gasteiger partial charge in [-0.15, -0.1) is 0 Å². The van der Waals surface area contributed by atoms with E-state index in [1.54, 1.807) is 6.92 Å². The quantitative estimate of drug-likeness (QED) is 0.892. The number of anilines is 2. The number of carboxylic acids is 1. The molecule has 0 saturated carbocycles. The van der Waals surface area contributed by atoms with Gasteiger partial charge in [-0.25, -0.2) is 9.97 Å². The third-order valence-electron chi connectivity index (χ3n) is 4.18. The maximum atomic E-state index is 11.2. The summed E-state index contributed by atoms with van der Waals surface area (Å²) in [6.45, 7) is 4.89. The second kappa shape index (κ2) is 7.00. The van der Waals surface area contributed by atoms with Crippen molar-refractivity contribution in [1.82, 2.24) is 9.97 Å². The number of carboxylic acid groups (broad SMARTS) is 1. The van der Waals surface area contributed by atoms with Gasteiger partial charge in [0.2, 0.25) is 0 Å². The first-order valence-electron chi connectivity index (χ1n) is 8.09. The lowest BCUT2D eigenvalue weighted by Crippen LogP contribution is -2.39. The summed E-state index contributed by atoms with van der Waals surface area (Å²) in [7, 11) is 1.86. The molecule has 1 aliphatic rings. The molecule has 1 aliphatic heterocycles. The van der Waals surface area contributed by atoms with E-state index in [1.807, 2.05) is 36.2 Å². The minimum absolute atomic E-state index is 0.375. The normalized spacial score (nSPS) is 16.2. The number of morpholine rings is 1. The number of fused-ring (bicyclic) bond motifs is 1. The van der Waals surface area contributed by atoms with Crippen LogP contribution in [-0.4, -0.2) is 60.9 Å². The zero-order valence-corrected chi connectivity index (χ0v) is 14.0. The third-order valence-corrected chi connectivity index (χ3v) is 4.18. The molecule has 1 aromatic carbocycles. The van der Waals surface area contributed by atoms with Gasteiger partial charge in [0.05, 0.1) is 30.2 Å². The molecule has 1 atom stereocenters. The number of rotatable bonds is 5. The van der Waals surface area contributed by atoms with Crippen LogP contribution in [0.15, 0.2) is 24.3 Å². The Kier molecular flexibility index (Phi) is 4.80. The molecule has 0 radical (unpaired) electrons. The van der Waals surface area contributed by atoms with Gasteiger partial charge in [-0.1, -0.05) is 19.1 Å². The molecule has 7 nitrogen and oxygen atoms in total. The summed E-state index contributed by atoms with van der Waals surface area (Å²) in [6, 6.07) is 7.73. The number of hydrogen-bond acceptors (Lipinski definition) is 6. The van der Waals surface area contributed by atoms with Crippen LogP contribution in [0.5, 0.6) is 0 Å². The molecule has 128 valence electrons. The van der Waals surface area contributed by atoms with Crippen LogP contribution in [0, 0.1) is 5.92 Å². The summed E-state index contributed by atoms with van der Waals surface area (Å²) in [5, 5.41) is 9.18. The van der Waals surface area contributed by atoms with Crippen LogP contribution in [0.25, 0.3) is 11.0 Å². The van der Waals surface area contributed by atoms with Crippen LogP contribution < -0.4 is 9.80 Å². The van der Waals surface area contributed by atoms with Gasteiger partial charge in [0.15, 0.2) is 11.6 Å². The van der Waals surface area contributed by atoms with Gasteiger partial charge in [0, 0.05) is 26.7 Å². The molecular formula is C17H22N4O3. The maximum absolute atomic E-state index is 11.2. The molecule has 2 aromatic rings. The first-order valence-corrected chi connectivity index (χ1v) is 8.09. The minimum atomic E-state index is -0.816. The summed E-state index contributed by atoms with van der Waals surface area (Å²) >= 11 is 0. The van der Waals surface area contributed by atoms with Crippen molar-refractivity contribution in [3.63, 3.8) is 0 Å². The first kappa shape index (κ1) is 16.4. The van der Waals surface area contributed by atoms with Gasteiger partial charge < -0.3 is 19.6 Å². The summed E-state index contributed by atoms with van der Waals surface area (Å²) in [5.74, 6) is 0.199. The van der Waals surface area contributed by atoms with Gasteiger partial charge >= 0.3 is 5.97 Å². The number of carbonyl (C=O) groups is 1. The van der Waals surface area contributed by atoms with Crippen molar-refractivity contribution in [3.8, 4) is 0 Å². The van der Waals surface area contributed by atoms with Crippen molar-refractivity contribution in [3.05, 3.63) is 24.3 Å². The van der Waals surface area contributed by atoms with Gasteiger partial charge in [-0.2, -0.15) is 0 Å². The Hall–Kier alpha value is -2.41. The molecule has 1 N–H and O–H groups in total. The monoisotopic (exact) mass is 330 g/mol. The smallest absolute Gasteiger partial charge is 0.308 e. The standard InChI is InChI=1S/C17H22N4O3/c1-12(17(22)23)11-20(2)15-16(21-7-9-24-10-8-21)19-14-6-4-3-5-13(14)18-15/h3-6,12H,7-11H2,1-2H3,(H,22,23). The van der Waals surface area contributed by atoms with Crippen LogP contribution in [0.2, 0.25) is 0 Å². The van der Waals surface area contributed by atoms with Crippen molar-refractivity contribution in [2.45, 2.75) is 6.92 Å². The molecule has 1 fully saturated rings. The predicted molar refractivity (Wildman–Crippen MR) is 92.6 cm³/mol. The van der Waals surface area contributed by atoms with E-state index < -0.39 is 11.9 Å². The Labute approximate surface area is 140 Å². The molecule has 0 spiro atoms. The van der Waals surface area contributed by atoms with E-state index >= 15 is 0 Å². The van der Waals surface area contributed by atoms with E-state index in [4.69, 9.17) is 14.7 Å². The van der Waals surface area contributed by atoms with Crippen molar-refractivity contribution in [2.24, 2.45) is 5.92 Å². The van der Waals surface area contributed by atoms with Crippen molar-refractivity contribution in [1.29, 1.82) is 0 Å². The van der Waals surface area contributed by atoms with Crippen LogP contribution in [-0.2, 0) is 9.53 Å². The third kappa shape index (κ3) is 3.41. The van der Waals surface area contributed by atoms with E-state index in [-0.39, 0.29) is 0 Å². The summed E-state index contributed by atoms with van der Waals surface area (Å²) in [6.07, 6.45) is 0. The highest BCUT2D eigenvalue weighted by Gasteiger charge is 2.23. The fraction of sp³-hybridized carbons (Fsp3) is 0.471. The number of aromatic nitrogens is 2. The molecule has 0 aliphatic carbocycles. The van der Waals surface area contributed by atoms with Gasteiger partial charge in [0.1, 0.15) is 0 Å². The highest BCUT2D eigenvalue weighted by atomic mass is 16.5. The number of ether oxygens (including phenoxy) is 1. The first-order chi connectivity index (χ1) is 11.6. The molecule has 7 heteroatoms. The average molecular weight is 330 g/mol. The Bertz CT molecular complexity index is 731. The zero-order valence-electron chi connectivity index (χ0n) is 14.0. The number of hydrogen-bond donors (Lipinski definition) is 1. The highest BCUT2D eigenvalue weighted by Crippen LogP contribution is 2.28. The Morgan fingerprint density at radius 1 is 1.29 bits per heavy atom. The van der Waals surface area contributed by atoms with E-state index in [0.29, 0.717) is 25.6 Å². The largest absolute Gasteiger partial charge is 0.481 e. The van der Waals surface area contributed by atoms with E-state index in [1.165, 1.54) is 0 Å². The SMILES string of the molecule is CC(CN(C)c1nc2ccccc2nc1N1CCOCC1)C(=O)O. The molecule has 1 unspecified atom stereocenters. The molecule has 3 rings (SSSR count). The highest BCUT2D eigenvalue weighted by molar-refractivity contribution is 5.81. The van der Waals surface area contributed by atoms with Gasteiger partial charge in [-0.05, 0) is 12.1 Å². The molecule has 1 saturated heterocycles. The Morgan fingerprint density at radius 3 is 2.54 bits per heavy atom. The summed E-state index contributed by atoms with van der Waals surface area (Å²) in [4.78, 5) is 24.7. The summed E-state index contributed by atoms with van der Waals surface area (Å²) < 4.78 is 5.42. The Morgan fingerprint density at radius 2 is 1.92 bits per heavy atom. The topological polar surface area (TPSA) is 78.8 Å². The van der Waals surface area contributed by atoms with Crippen LogP contribution in [0.4, 0.5) is 11.6 Å². The lowest BCUT2D eigenvalue weighted by molar-refractivity contribution is -0.140. The average Bonchev–Trinajstić information content (AvgIpc) is 2.61. The maximum Gasteiger partial charge on any atom is 0.308 e. The van der Waals surface area contributed by atoms with Crippen LogP contribution in [0.1, 0.15) is 6.92 Å². The molecule has 0 bridgehead atoms. The predicted octanol–water partition coefficient (Wildman–Crippen LogP) is 1.62. The van der Waals surface area contributed by atoms with Crippen LogP contribution >= 0.6 is 0 Å². The fourth-order valence-corrected chi connectivity index (χ4v) is 2.80. The second-order valence-corrected chi connectivity index (χ2v) is 6.08. The van der Waals surface area contributed by atoms with Crippen LogP contribution in [0.3, 0.4) is 0 Å². The minimum Gasteiger partial charge on any atom is -0.481 e. The second-order valence-electron chi connectivity index (χ2n) is 6.08. The zero-order chi connectivity index (χ0) is 17.1. The van der Waals surface area contributed by atoms with Gasteiger partial charge in [-0.3, -0.25) is 4.79 Å². The number of aliphatic carboxylic acids is 1. The summed E-state index contributed by atoms with van der Waals surface area (Å²) in [5.41, 5.74) is 1.64. The molecule has 24 heavy (non-hydrogen) atoms. The number of para-hydroxylation sites is 2.